The first-order chi connectivity index (χ1) is 33.6. The standard InChI is InChI=1S/C55H90O14/c1-3-5-7-9-11-13-15-17-19-21-23-25-27-29-31-33-35-37-39-64-41-44(67-47(57)38-36-34-32-30-28-26-24-22-20-18-16-14-12-10-8-6-4-2)42-65-54-53(63)51(61)49(59)46(69-54)43-66-55-52(62)50(60)48(58)45(40-56)68-55/h5-8,11-14,17-20,24,26,30,32,44-46,48-56,58-63H,3-4,9-10,15-16,21-23,25,27-29,31,33-43H2,1-2H3/b7-5-,8-6-,13-11-,14-12-,19-17-,20-18-,26-24-,32-30-. The molecular formula is C55H90O14. The minimum Gasteiger partial charge on any atom is -0.457 e. The van der Waals surface area contributed by atoms with Gasteiger partial charge >= 0.3 is 5.97 Å². The molecule has 7 N–H and O–H groups in total. The maximum atomic E-state index is 13.0. The van der Waals surface area contributed by atoms with E-state index in [1.165, 1.54) is 32.1 Å². The largest absolute Gasteiger partial charge is 0.457 e. The highest BCUT2D eigenvalue weighted by Gasteiger charge is 2.47. The van der Waals surface area contributed by atoms with Gasteiger partial charge in [0.15, 0.2) is 12.6 Å². The Morgan fingerprint density at radius 1 is 0.478 bits per heavy atom. The minimum atomic E-state index is -1.72. The number of unbranched alkanes of at least 4 members (excludes halogenated alkanes) is 9. The highest BCUT2D eigenvalue weighted by Crippen LogP contribution is 2.26. The van der Waals surface area contributed by atoms with Crippen molar-refractivity contribution in [3.63, 3.8) is 0 Å². The monoisotopic (exact) mass is 975 g/mol. The number of rotatable bonds is 39. The van der Waals surface area contributed by atoms with Gasteiger partial charge in [-0.05, 0) is 83.5 Å². The van der Waals surface area contributed by atoms with Crippen LogP contribution in [-0.4, -0.2) is 142 Å². The molecule has 11 unspecified atom stereocenters. The number of carbonyl (C=O) groups is 1. The van der Waals surface area contributed by atoms with E-state index in [1.807, 2.05) is 6.08 Å². The fourth-order valence-electron chi connectivity index (χ4n) is 7.45. The Labute approximate surface area is 413 Å². The van der Waals surface area contributed by atoms with Gasteiger partial charge in [0.2, 0.25) is 0 Å². The van der Waals surface area contributed by atoms with Crippen molar-refractivity contribution in [2.45, 2.75) is 210 Å². The van der Waals surface area contributed by atoms with Crippen molar-refractivity contribution in [1.82, 2.24) is 0 Å². The lowest BCUT2D eigenvalue weighted by Crippen LogP contribution is -2.61. The maximum Gasteiger partial charge on any atom is 0.306 e. The lowest BCUT2D eigenvalue weighted by molar-refractivity contribution is -0.332. The van der Waals surface area contributed by atoms with Crippen molar-refractivity contribution in [2.75, 3.05) is 33.0 Å². The predicted octanol–water partition coefficient (Wildman–Crippen LogP) is 7.85. The van der Waals surface area contributed by atoms with Crippen LogP contribution in [0.4, 0.5) is 0 Å². The Kier molecular flexibility index (Phi) is 37.3. The number of hydrogen-bond donors (Lipinski definition) is 7. The Morgan fingerprint density at radius 3 is 1.41 bits per heavy atom. The smallest absolute Gasteiger partial charge is 0.306 e. The number of ether oxygens (including phenoxy) is 6. The summed E-state index contributed by atoms with van der Waals surface area (Å²) >= 11 is 0. The zero-order valence-corrected chi connectivity index (χ0v) is 41.8. The maximum absolute atomic E-state index is 13.0. The zero-order valence-electron chi connectivity index (χ0n) is 41.8. The third kappa shape index (κ3) is 29.1. The number of allylic oxidation sites excluding steroid dienone is 16. The van der Waals surface area contributed by atoms with E-state index in [2.05, 4.69) is 105 Å². The lowest BCUT2D eigenvalue weighted by Gasteiger charge is -2.42. The van der Waals surface area contributed by atoms with Crippen LogP contribution in [0.25, 0.3) is 0 Å². The van der Waals surface area contributed by atoms with Crippen LogP contribution in [0.15, 0.2) is 97.2 Å². The van der Waals surface area contributed by atoms with Crippen molar-refractivity contribution in [3.05, 3.63) is 97.2 Å². The molecule has 0 aromatic rings. The summed E-state index contributed by atoms with van der Waals surface area (Å²) in [4.78, 5) is 13.0. The van der Waals surface area contributed by atoms with E-state index < -0.39 is 86.7 Å². The molecule has 14 heteroatoms. The van der Waals surface area contributed by atoms with Crippen LogP contribution in [0.5, 0.6) is 0 Å². The van der Waals surface area contributed by atoms with Gasteiger partial charge in [0.25, 0.3) is 0 Å². The van der Waals surface area contributed by atoms with E-state index in [4.69, 9.17) is 28.4 Å². The van der Waals surface area contributed by atoms with Crippen LogP contribution in [-0.2, 0) is 33.2 Å². The second kappa shape index (κ2) is 41.5. The first-order valence-electron chi connectivity index (χ1n) is 25.8. The summed E-state index contributed by atoms with van der Waals surface area (Å²) in [5, 5.41) is 72.2. The van der Waals surface area contributed by atoms with E-state index in [1.54, 1.807) is 0 Å². The number of aliphatic hydroxyl groups excluding tert-OH is 7. The van der Waals surface area contributed by atoms with Crippen LogP contribution in [0.3, 0.4) is 0 Å². The van der Waals surface area contributed by atoms with Crippen LogP contribution in [0.1, 0.15) is 142 Å². The molecular weight excluding hydrogens is 885 g/mol. The molecule has 394 valence electrons. The van der Waals surface area contributed by atoms with Gasteiger partial charge in [-0.15, -0.1) is 0 Å². The average molecular weight is 975 g/mol. The second-order valence-corrected chi connectivity index (χ2v) is 17.6. The van der Waals surface area contributed by atoms with E-state index >= 15 is 0 Å². The van der Waals surface area contributed by atoms with Gasteiger partial charge in [-0.25, -0.2) is 0 Å². The summed E-state index contributed by atoms with van der Waals surface area (Å²) in [7, 11) is 0. The van der Waals surface area contributed by atoms with Crippen LogP contribution in [0.2, 0.25) is 0 Å². The lowest BCUT2D eigenvalue weighted by atomic mass is 9.98. The molecule has 2 saturated heterocycles. The fraction of sp³-hybridized carbons (Fsp3) is 0.691. The van der Waals surface area contributed by atoms with E-state index in [-0.39, 0.29) is 19.6 Å². The SMILES string of the molecule is CC/C=C\C/C=C\C/C=C\C/C=C\C/C=C\CCCC(=O)OC(COCCCCCCCCCC/C=C\C/C=C\C/C=C\CC)COC1OC(COC2OC(CO)C(O)C(O)C2O)C(O)C(O)C1O. The van der Waals surface area contributed by atoms with Gasteiger partial charge < -0.3 is 64.2 Å². The summed E-state index contributed by atoms with van der Waals surface area (Å²) in [6.45, 7) is 3.34. The molecule has 0 aromatic heterocycles. The molecule has 0 radical (unpaired) electrons. The Bertz CT molecular complexity index is 1500. The minimum absolute atomic E-state index is 0.0270. The zero-order chi connectivity index (χ0) is 50.2. The summed E-state index contributed by atoms with van der Waals surface area (Å²) in [5.74, 6) is -0.440. The quantitative estimate of drug-likeness (QED) is 0.0178. The van der Waals surface area contributed by atoms with Crippen LogP contribution < -0.4 is 0 Å². The molecule has 69 heavy (non-hydrogen) atoms. The fourth-order valence-corrected chi connectivity index (χ4v) is 7.45. The molecule has 2 rings (SSSR count). The Balaban J connectivity index is 1.80. The van der Waals surface area contributed by atoms with Gasteiger partial charge in [-0.3, -0.25) is 4.79 Å². The Hall–Kier alpha value is -3.09. The summed E-state index contributed by atoms with van der Waals surface area (Å²) < 4.78 is 34.2. The highest BCUT2D eigenvalue weighted by atomic mass is 16.7. The molecule has 0 aromatic carbocycles. The van der Waals surface area contributed by atoms with Gasteiger partial charge in [0.05, 0.1) is 26.4 Å². The third-order valence-corrected chi connectivity index (χ3v) is 11.6. The van der Waals surface area contributed by atoms with Crippen molar-refractivity contribution >= 4 is 5.97 Å². The van der Waals surface area contributed by atoms with E-state index in [9.17, 15) is 40.5 Å². The van der Waals surface area contributed by atoms with Gasteiger partial charge in [0, 0.05) is 13.0 Å². The molecule has 2 fully saturated rings. The number of esters is 1. The van der Waals surface area contributed by atoms with Crippen LogP contribution >= 0.6 is 0 Å². The molecule has 0 saturated carbocycles. The van der Waals surface area contributed by atoms with E-state index in [0.717, 1.165) is 77.0 Å². The normalized spacial score (nSPS) is 26.5. The molecule has 2 heterocycles. The molecule has 14 nitrogen and oxygen atoms in total. The summed E-state index contributed by atoms with van der Waals surface area (Å²) in [6, 6.07) is 0. The van der Waals surface area contributed by atoms with E-state index in [0.29, 0.717) is 19.4 Å². The molecule has 11 atom stereocenters. The molecule has 0 bridgehead atoms. The Morgan fingerprint density at radius 2 is 0.899 bits per heavy atom. The first kappa shape index (κ1) is 62.0. The molecule has 0 spiro atoms. The molecule has 2 aliphatic heterocycles. The van der Waals surface area contributed by atoms with Crippen molar-refractivity contribution < 1.29 is 69.0 Å². The topological polar surface area (TPSA) is 214 Å². The highest BCUT2D eigenvalue weighted by molar-refractivity contribution is 5.69. The van der Waals surface area contributed by atoms with Crippen molar-refractivity contribution in [3.8, 4) is 0 Å². The van der Waals surface area contributed by atoms with Gasteiger partial charge in [-0.2, -0.15) is 0 Å². The molecule has 0 amide bonds. The average Bonchev–Trinajstić information content (AvgIpc) is 3.35. The first-order valence-corrected chi connectivity index (χ1v) is 25.8. The van der Waals surface area contributed by atoms with Crippen molar-refractivity contribution in [1.29, 1.82) is 0 Å². The number of hydrogen-bond acceptors (Lipinski definition) is 14. The molecule has 2 aliphatic rings. The summed E-state index contributed by atoms with van der Waals surface area (Å²) in [5.41, 5.74) is 0. The van der Waals surface area contributed by atoms with Crippen LogP contribution in [0, 0.1) is 0 Å². The third-order valence-electron chi connectivity index (χ3n) is 11.6. The number of aliphatic hydroxyl groups is 7. The second-order valence-electron chi connectivity index (χ2n) is 17.6. The van der Waals surface area contributed by atoms with Gasteiger partial charge in [0.1, 0.15) is 54.9 Å². The van der Waals surface area contributed by atoms with Crippen molar-refractivity contribution in [2.24, 2.45) is 0 Å². The van der Waals surface area contributed by atoms with Gasteiger partial charge in [-0.1, -0.05) is 150 Å². The predicted molar refractivity (Wildman–Crippen MR) is 270 cm³/mol. The summed E-state index contributed by atoms with van der Waals surface area (Å²) in [6.07, 6.45) is 37.6. The molecule has 0 aliphatic carbocycles. The number of carbonyl (C=O) groups excluding carboxylic acids is 1.